The maximum Gasteiger partial charge on any atom is 0.235 e. The average Bonchev–Trinajstić information content (AvgIpc) is 3.63. The van der Waals surface area contributed by atoms with Crippen molar-refractivity contribution < 1.29 is 0 Å². The number of rotatable bonds is 3. The van der Waals surface area contributed by atoms with Crippen molar-refractivity contribution in [3.63, 3.8) is 0 Å². The molecule has 4 nitrogen and oxygen atoms in total. The van der Waals surface area contributed by atoms with Crippen LogP contribution < -0.4 is 0 Å². The Balaban J connectivity index is 1.24. The highest BCUT2D eigenvalue weighted by atomic mass is 15.2. The quantitative estimate of drug-likeness (QED) is 0.206. The molecule has 0 aliphatic heterocycles. The van der Waals surface area contributed by atoms with Crippen LogP contribution in [-0.2, 0) is 0 Å². The molecule has 0 aliphatic carbocycles. The Kier molecular flexibility index (Phi) is 5.25. The van der Waals surface area contributed by atoms with Crippen LogP contribution in [0.25, 0.3) is 88.2 Å². The van der Waals surface area contributed by atoms with Crippen molar-refractivity contribution in [1.29, 1.82) is 0 Å². The fraction of sp³-hybridized carbons (Fsp3) is 0. The highest BCUT2D eigenvalue weighted by Crippen LogP contribution is 2.37. The van der Waals surface area contributed by atoms with Crippen LogP contribution in [0.5, 0.6) is 0 Å². The van der Waals surface area contributed by atoms with Gasteiger partial charge in [-0.05, 0) is 59.3 Å². The Morgan fingerprint density at radius 2 is 0.935 bits per heavy atom. The number of nitrogens with zero attached hydrogens (tertiary/aromatic N) is 4. The first-order valence-corrected chi connectivity index (χ1v) is 15.6. The second-order valence-electron chi connectivity index (χ2n) is 11.9. The maximum atomic E-state index is 5.32. The van der Waals surface area contributed by atoms with Gasteiger partial charge in [-0.1, -0.05) is 109 Å². The molecule has 0 aliphatic rings. The number of hydrogen-bond acceptors (Lipinski definition) is 2. The van der Waals surface area contributed by atoms with Crippen LogP contribution in [0.1, 0.15) is 0 Å². The van der Waals surface area contributed by atoms with Crippen molar-refractivity contribution in [2.75, 3.05) is 0 Å². The molecule has 0 unspecified atom stereocenters. The molecule has 7 aromatic carbocycles. The number of benzene rings is 7. The smallest absolute Gasteiger partial charge is 0.235 e. The number of aromatic nitrogens is 4. The van der Waals surface area contributed by atoms with Crippen molar-refractivity contribution >= 4 is 65.3 Å². The Bertz CT molecular complexity index is 2770. The highest BCUT2D eigenvalue weighted by molar-refractivity contribution is 6.12. The fourth-order valence-electron chi connectivity index (χ4n) is 7.24. The summed E-state index contributed by atoms with van der Waals surface area (Å²) in [5.74, 6) is 0.665. The van der Waals surface area contributed by atoms with Gasteiger partial charge in [0.2, 0.25) is 5.95 Å². The monoisotopic (exact) mass is 586 g/mol. The third kappa shape index (κ3) is 3.61. The van der Waals surface area contributed by atoms with Gasteiger partial charge in [0.15, 0.2) is 0 Å². The molecule has 0 atom stereocenters. The largest absolute Gasteiger partial charge is 0.309 e. The molecule has 3 aromatic heterocycles. The lowest BCUT2D eigenvalue weighted by Crippen LogP contribution is -2.03. The van der Waals surface area contributed by atoms with Gasteiger partial charge in [-0.15, -0.1) is 0 Å². The molecule has 0 spiro atoms. The van der Waals surface area contributed by atoms with E-state index in [0.29, 0.717) is 5.95 Å². The lowest BCUT2D eigenvalue weighted by Gasteiger charge is -2.12. The summed E-state index contributed by atoms with van der Waals surface area (Å²) in [7, 11) is 0. The molecule has 0 saturated carbocycles. The number of hydrogen-bond donors (Lipinski definition) is 0. The van der Waals surface area contributed by atoms with Gasteiger partial charge < -0.3 is 4.57 Å². The molecule has 0 saturated heterocycles. The van der Waals surface area contributed by atoms with Gasteiger partial charge in [0, 0.05) is 38.2 Å². The van der Waals surface area contributed by atoms with E-state index >= 15 is 0 Å². The molecule has 0 fully saturated rings. The summed E-state index contributed by atoms with van der Waals surface area (Å²) >= 11 is 0. The van der Waals surface area contributed by atoms with Crippen LogP contribution >= 0.6 is 0 Å². The Labute approximate surface area is 264 Å². The van der Waals surface area contributed by atoms with Crippen LogP contribution in [0.4, 0.5) is 0 Å². The summed E-state index contributed by atoms with van der Waals surface area (Å²) in [4.78, 5) is 10.5. The fourth-order valence-corrected chi connectivity index (χ4v) is 7.24. The minimum Gasteiger partial charge on any atom is -0.309 e. The lowest BCUT2D eigenvalue weighted by molar-refractivity contribution is 1.01. The summed E-state index contributed by atoms with van der Waals surface area (Å²) in [6, 6.07) is 56.0. The predicted molar refractivity (Wildman–Crippen MR) is 191 cm³/mol. The zero-order valence-electron chi connectivity index (χ0n) is 24.8. The molecular weight excluding hydrogens is 560 g/mol. The van der Waals surface area contributed by atoms with Gasteiger partial charge in [0.05, 0.1) is 33.3 Å². The van der Waals surface area contributed by atoms with E-state index in [4.69, 9.17) is 9.97 Å². The van der Waals surface area contributed by atoms with Crippen LogP contribution in [0.3, 0.4) is 0 Å². The van der Waals surface area contributed by atoms with E-state index in [1.54, 1.807) is 0 Å². The molecule has 10 rings (SSSR count). The second-order valence-corrected chi connectivity index (χ2v) is 11.9. The van der Waals surface area contributed by atoms with Crippen molar-refractivity contribution in [2.24, 2.45) is 0 Å². The molecule has 46 heavy (non-hydrogen) atoms. The van der Waals surface area contributed by atoms with Gasteiger partial charge in [-0.2, -0.15) is 0 Å². The standard InChI is InChI=1S/C42H26N4/c1-2-12-28-25-29(22-21-27(28)11-1)41-34-16-3-7-17-36(34)43-42(44-41)46-39-20-10-6-15-33(39)35-26-30(23-24-40(35)46)45-37-18-8-4-13-31(37)32-14-5-9-19-38(32)45/h1-26H. The first-order chi connectivity index (χ1) is 22.8. The van der Waals surface area contributed by atoms with Gasteiger partial charge >= 0.3 is 0 Å². The molecule has 4 heteroatoms. The summed E-state index contributed by atoms with van der Waals surface area (Å²) in [5.41, 5.74) is 8.61. The SMILES string of the molecule is c1ccc2cc(-c3nc(-n4c5ccccc5c5cc(-n6c7ccccc7c7ccccc76)ccc54)nc4ccccc34)ccc2c1. The first-order valence-electron chi connectivity index (χ1n) is 15.6. The minimum absolute atomic E-state index is 0.665. The van der Waals surface area contributed by atoms with E-state index in [1.807, 2.05) is 6.07 Å². The van der Waals surface area contributed by atoms with Crippen LogP contribution in [-0.4, -0.2) is 19.1 Å². The zero-order valence-corrected chi connectivity index (χ0v) is 24.8. The van der Waals surface area contributed by atoms with E-state index in [2.05, 4.69) is 161 Å². The van der Waals surface area contributed by atoms with Crippen molar-refractivity contribution in [3.8, 4) is 22.9 Å². The first kappa shape index (κ1) is 25.1. The molecule has 0 radical (unpaired) electrons. The third-order valence-electron chi connectivity index (χ3n) is 9.31. The lowest BCUT2D eigenvalue weighted by atomic mass is 10.0. The van der Waals surface area contributed by atoms with E-state index in [0.717, 1.165) is 38.9 Å². The van der Waals surface area contributed by atoms with Gasteiger partial charge in [-0.3, -0.25) is 4.57 Å². The van der Waals surface area contributed by atoms with Crippen LogP contribution in [0, 0.1) is 0 Å². The van der Waals surface area contributed by atoms with Crippen LogP contribution in [0.2, 0.25) is 0 Å². The van der Waals surface area contributed by atoms with Gasteiger partial charge in [0.25, 0.3) is 0 Å². The van der Waals surface area contributed by atoms with E-state index in [1.165, 1.54) is 43.4 Å². The topological polar surface area (TPSA) is 35.6 Å². The molecule has 214 valence electrons. The molecule has 0 bridgehead atoms. The molecule has 0 N–H and O–H groups in total. The highest BCUT2D eigenvalue weighted by Gasteiger charge is 2.19. The molecule has 0 amide bonds. The summed E-state index contributed by atoms with van der Waals surface area (Å²) in [6.07, 6.45) is 0. The zero-order chi connectivity index (χ0) is 30.2. The van der Waals surface area contributed by atoms with Crippen molar-refractivity contribution in [3.05, 3.63) is 158 Å². The second kappa shape index (κ2) is 9.62. The van der Waals surface area contributed by atoms with E-state index < -0.39 is 0 Å². The summed E-state index contributed by atoms with van der Waals surface area (Å²) < 4.78 is 4.60. The van der Waals surface area contributed by atoms with Crippen molar-refractivity contribution in [1.82, 2.24) is 19.1 Å². The van der Waals surface area contributed by atoms with Gasteiger partial charge in [-0.25, -0.2) is 9.97 Å². The number of fused-ring (bicyclic) bond motifs is 8. The predicted octanol–water partition coefficient (Wildman–Crippen LogP) is 10.6. The normalized spacial score (nSPS) is 11.9. The Hall–Kier alpha value is -6.26. The van der Waals surface area contributed by atoms with Crippen molar-refractivity contribution in [2.45, 2.75) is 0 Å². The summed E-state index contributed by atoms with van der Waals surface area (Å²) in [6.45, 7) is 0. The Morgan fingerprint density at radius 1 is 0.370 bits per heavy atom. The summed E-state index contributed by atoms with van der Waals surface area (Å²) in [5, 5.41) is 8.29. The average molecular weight is 587 g/mol. The van der Waals surface area contributed by atoms with E-state index in [-0.39, 0.29) is 0 Å². The Morgan fingerprint density at radius 3 is 1.67 bits per heavy atom. The van der Waals surface area contributed by atoms with E-state index in [9.17, 15) is 0 Å². The maximum absolute atomic E-state index is 5.32. The van der Waals surface area contributed by atoms with Gasteiger partial charge in [0.1, 0.15) is 0 Å². The minimum atomic E-state index is 0.665. The van der Waals surface area contributed by atoms with Crippen LogP contribution in [0.15, 0.2) is 158 Å². The number of para-hydroxylation sites is 4. The molecule has 10 aromatic rings. The molecular formula is C42H26N4. The molecule has 3 heterocycles. The third-order valence-corrected chi connectivity index (χ3v) is 9.31.